The van der Waals surface area contributed by atoms with Gasteiger partial charge in [-0.2, -0.15) is 0 Å². The normalized spacial score (nSPS) is 20.0. The monoisotopic (exact) mass is 587 g/mol. The van der Waals surface area contributed by atoms with E-state index in [9.17, 15) is 14.7 Å². The Morgan fingerprint density at radius 2 is 1.79 bits per heavy atom. The summed E-state index contributed by atoms with van der Waals surface area (Å²) in [6.45, 7) is 7.50. The highest BCUT2D eigenvalue weighted by atomic mass is 16.5. The van der Waals surface area contributed by atoms with E-state index in [1.54, 1.807) is 29.1 Å². The number of ether oxygens (including phenoxy) is 2. The predicted octanol–water partition coefficient (Wildman–Crippen LogP) is 4.11. The van der Waals surface area contributed by atoms with Crippen LogP contribution in [0.15, 0.2) is 66.9 Å². The Labute approximate surface area is 253 Å². The number of hydrogen-bond acceptors (Lipinski definition) is 7. The van der Waals surface area contributed by atoms with Gasteiger partial charge in [-0.25, -0.2) is 9.78 Å². The van der Waals surface area contributed by atoms with Gasteiger partial charge in [-0.1, -0.05) is 49.4 Å². The SMILES string of the molecule is C[C@H]1CN([C@@H](C)CO)C(=O)c2ccccc2-c2ccccc2CO[C@@H]1CN(C)C(=O)Nc1ccnc(N2CCOCC2)c1. The first-order valence-corrected chi connectivity index (χ1v) is 14.9. The Hall–Kier alpha value is -3.99. The number of rotatable bonds is 6. The van der Waals surface area contributed by atoms with E-state index in [-0.39, 0.29) is 30.6 Å². The van der Waals surface area contributed by atoms with Crippen LogP contribution in [0.4, 0.5) is 16.3 Å². The average molecular weight is 588 g/mol. The first kappa shape index (κ1) is 30.5. The predicted molar refractivity (Wildman–Crippen MR) is 166 cm³/mol. The van der Waals surface area contributed by atoms with Gasteiger partial charge in [0, 0.05) is 62.7 Å². The molecule has 0 unspecified atom stereocenters. The van der Waals surface area contributed by atoms with Crippen LogP contribution in [0.2, 0.25) is 0 Å². The molecule has 3 aromatic rings. The van der Waals surface area contributed by atoms with Gasteiger partial charge in [-0.3, -0.25) is 4.79 Å². The molecule has 0 aliphatic carbocycles. The molecule has 0 radical (unpaired) electrons. The Kier molecular flexibility index (Phi) is 9.91. The summed E-state index contributed by atoms with van der Waals surface area (Å²) in [7, 11) is 1.74. The summed E-state index contributed by atoms with van der Waals surface area (Å²) < 4.78 is 12.0. The van der Waals surface area contributed by atoms with Crippen molar-refractivity contribution >= 4 is 23.4 Å². The van der Waals surface area contributed by atoms with Crippen molar-refractivity contribution in [3.05, 3.63) is 78.0 Å². The van der Waals surface area contributed by atoms with Crippen molar-refractivity contribution < 1.29 is 24.2 Å². The molecule has 1 aromatic heterocycles. The van der Waals surface area contributed by atoms with Crippen molar-refractivity contribution in [2.75, 3.05) is 63.3 Å². The molecule has 5 rings (SSSR count). The summed E-state index contributed by atoms with van der Waals surface area (Å²) in [5.74, 6) is 0.519. The van der Waals surface area contributed by atoms with Crippen molar-refractivity contribution in [1.29, 1.82) is 0 Å². The van der Waals surface area contributed by atoms with Gasteiger partial charge >= 0.3 is 6.03 Å². The van der Waals surface area contributed by atoms with E-state index < -0.39 is 6.04 Å². The zero-order valence-electron chi connectivity index (χ0n) is 25.1. The van der Waals surface area contributed by atoms with Crippen molar-refractivity contribution in [2.45, 2.75) is 32.6 Å². The largest absolute Gasteiger partial charge is 0.394 e. The van der Waals surface area contributed by atoms with E-state index in [2.05, 4.69) is 15.2 Å². The maximum atomic E-state index is 14.0. The van der Waals surface area contributed by atoms with E-state index in [1.165, 1.54) is 0 Å². The standard InChI is InChI=1S/C33H41N5O5/c1-23-19-38(24(2)21-39)32(40)29-11-7-6-10-28(29)27-9-5-4-8-25(27)22-43-30(23)20-36(3)33(41)35-26-12-13-34-31(18-26)37-14-16-42-17-15-37/h4-13,18,23-24,30,39H,14-17,19-22H2,1-3H3,(H,34,35,41)/t23-,24-,30+/m0/s1. The molecule has 0 bridgehead atoms. The van der Waals surface area contributed by atoms with Crippen LogP contribution >= 0.6 is 0 Å². The van der Waals surface area contributed by atoms with Gasteiger partial charge in [-0.05, 0) is 35.7 Å². The minimum Gasteiger partial charge on any atom is -0.394 e. The lowest BCUT2D eigenvalue weighted by atomic mass is 9.94. The Morgan fingerprint density at radius 3 is 2.53 bits per heavy atom. The van der Waals surface area contributed by atoms with Gasteiger partial charge in [0.05, 0.1) is 38.6 Å². The molecule has 3 amide bonds. The van der Waals surface area contributed by atoms with Crippen LogP contribution in [-0.2, 0) is 16.1 Å². The second-order valence-corrected chi connectivity index (χ2v) is 11.3. The zero-order valence-corrected chi connectivity index (χ0v) is 25.1. The second kappa shape index (κ2) is 14.0. The van der Waals surface area contributed by atoms with Crippen LogP contribution in [0.5, 0.6) is 0 Å². The van der Waals surface area contributed by atoms with Crippen molar-refractivity contribution in [3.63, 3.8) is 0 Å². The molecule has 228 valence electrons. The molecule has 10 heteroatoms. The van der Waals surface area contributed by atoms with E-state index in [0.29, 0.717) is 44.2 Å². The lowest BCUT2D eigenvalue weighted by molar-refractivity contribution is -0.0178. The number of likely N-dealkylation sites (N-methyl/N-ethyl adjacent to an activating group) is 1. The third-order valence-corrected chi connectivity index (χ3v) is 8.23. The molecular weight excluding hydrogens is 546 g/mol. The molecule has 2 aliphatic heterocycles. The summed E-state index contributed by atoms with van der Waals surface area (Å²) in [5, 5.41) is 13.1. The summed E-state index contributed by atoms with van der Waals surface area (Å²) in [4.78, 5) is 37.3. The van der Waals surface area contributed by atoms with Gasteiger partial charge in [0.15, 0.2) is 0 Å². The Morgan fingerprint density at radius 1 is 1.09 bits per heavy atom. The second-order valence-electron chi connectivity index (χ2n) is 11.3. The van der Waals surface area contributed by atoms with Crippen LogP contribution in [0.25, 0.3) is 11.1 Å². The molecule has 1 fully saturated rings. The van der Waals surface area contributed by atoms with E-state index in [1.807, 2.05) is 68.4 Å². The fraction of sp³-hybridized carbons (Fsp3) is 0.424. The number of fused-ring (bicyclic) bond motifs is 3. The number of carbonyl (C=O) groups excluding carboxylic acids is 2. The van der Waals surface area contributed by atoms with Gasteiger partial charge in [0.1, 0.15) is 5.82 Å². The molecule has 3 atom stereocenters. The number of anilines is 2. The van der Waals surface area contributed by atoms with E-state index in [0.717, 1.165) is 35.6 Å². The van der Waals surface area contributed by atoms with Crippen molar-refractivity contribution in [3.8, 4) is 11.1 Å². The maximum Gasteiger partial charge on any atom is 0.321 e. The quantitative estimate of drug-likeness (QED) is 0.447. The van der Waals surface area contributed by atoms with Gasteiger partial charge in [-0.15, -0.1) is 0 Å². The number of carbonyl (C=O) groups is 2. The number of pyridine rings is 1. The third-order valence-electron chi connectivity index (χ3n) is 8.23. The molecule has 3 heterocycles. The summed E-state index contributed by atoms with van der Waals surface area (Å²) in [6, 6.07) is 18.5. The third kappa shape index (κ3) is 7.15. The van der Waals surface area contributed by atoms with Gasteiger partial charge in [0.25, 0.3) is 5.91 Å². The average Bonchev–Trinajstić information content (AvgIpc) is 3.06. The fourth-order valence-corrected chi connectivity index (χ4v) is 5.58. The molecule has 0 saturated carbocycles. The molecule has 43 heavy (non-hydrogen) atoms. The number of amides is 3. The number of morpholine rings is 1. The number of aliphatic hydroxyl groups is 1. The number of nitrogens with zero attached hydrogens (tertiary/aromatic N) is 4. The number of urea groups is 1. The lowest BCUT2D eigenvalue weighted by Gasteiger charge is -2.35. The van der Waals surface area contributed by atoms with Gasteiger partial charge in [0.2, 0.25) is 0 Å². The molecule has 2 aromatic carbocycles. The fourth-order valence-electron chi connectivity index (χ4n) is 5.58. The lowest BCUT2D eigenvalue weighted by Crippen LogP contribution is -2.48. The summed E-state index contributed by atoms with van der Waals surface area (Å²) in [5.41, 5.74) is 3.97. The first-order valence-electron chi connectivity index (χ1n) is 14.9. The minimum atomic E-state index is -0.395. The molecule has 2 aliphatic rings. The minimum absolute atomic E-state index is 0.139. The number of nitrogens with one attached hydrogen (secondary N) is 1. The van der Waals surface area contributed by atoms with Crippen LogP contribution in [0.1, 0.15) is 29.8 Å². The maximum absolute atomic E-state index is 14.0. The number of aliphatic hydroxyl groups excluding tert-OH is 1. The van der Waals surface area contributed by atoms with E-state index in [4.69, 9.17) is 9.47 Å². The van der Waals surface area contributed by atoms with Crippen LogP contribution < -0.4 is 10.2 Å². The molecule has 0 spiro atoms. The van der Waals surface area contributed by atoms with Crippen molar-refractivity contribution in [2.24, 2.45) is 5.92 Å². The number of benzene rings is 2. The van der Waals surface area contributed by atoms with Crippen LogP contribution in [0.3, 0.4) is 0 Å². The van der Waals surface area contributed by atoms with E-state index >= 15 is 0 Å². The Balaban J connectivity index is 1.37. The molecular formula is C33H41N5O5. The highest BCUT2D eigenvalue weighted by Crippen LogP contribution is 2.31. The topological polar surface area (TPSA) is 107 Å². The molecule has 1 saturated heterocycles. The highest BCUT2D eigenvalue weighted by Gasteiger charge is 2.31. The van der Waals surface area contributed by atoms with Crippen LogP contribution in [0, 0.1) is 5.92 Å². The summed E-state index contributed by atoms with van der Waals surface area (Å²) >= 11 is 0. The van der Waals surface area contributed by atoms with Crippen LogP contribution in [-0.4, -0.2) is 97.0 Å². The highest BCUT2D eigenvalue weighted by molar-refractivity contribution is 6.01. The molecule has 2 N–H and O–H groups in total. The number of hydrogen-bond donors (Lipinski definition) is 2. The first-order chi connectivity index (χ1) is 20.9. The zero-order chi connectivity index (χ0) is 30.3. The van der Waals surface area contributed by atoms with Gasteiger partial charge < -0.3 is 34.6 Å². The van der Waals surface area contributed by atoms with Crippen molar-refractivity contribution in [1.82, 2.24) is 14.8 Å². The Bertz CT molecular complexity index is 1410. The smallest absolute Gasteiger partial charge is 0.321 e. The molecule has 10 nitrogen and oxygen atoms in total. The summed E-state index contributed by atoms with van der Waals surface area (Å²) in [6.07, 6.45) is 1.31. The number of aromatic nitrogens is 1.